The van der Waals surface area contributed by atoms with E-state index in [9.17, 15) is 9.59 Å². The van der Waals surface area contributed by atoms with E-state index in [0.29, 0.717) is 35.1 Å². The number of rotatable bonds is 3. The summed E-state index contributed by atoms with van der Waals surface area (Å²) in [6, 6.07) is 0.602. The highest BCUT2D eigenvalue weighted by Crippen LogP contribution is 2.41. The zero-order chi connectivity index (χ0) is 29.5. The van der Waals surface area contributed by atoms with E-state index in [1.165, 1.54) is 34.4 Å². The van der Waals surface area contributed by atoms with Gasteiger partial charge in [-0.2, -0.15) is 0 Å². The lowest BCUT2D eigenvalue weighted by Crippen LogP contribution is -2.47. The van der Waals surface area contributed by atoms with Crippen LogP contribution in [0.2, 0.25) is 10.3 Å². The van der Waals surface area contributed by atoms with Crippen LogP contribution in [-0.2, 0) is 35.3 Å². The maximum atomic E-state index is 13.0. The first kappa shape index (κ1) is 29.6. The molecule has 0 saturated carbocycles. The lowest BCUT2D eigenvalue weighted by atomic mass is 9.86. The fraction of sp³-hybridized carbons (Fsp3) is 0.517. The van der Waals surface area contributed by atoms with E-state index in [-0.39, 0.29) is 11.8 Å². The zero-order valence-electron chi connectivity index (χ0n) is 23.5. The van der Waals surface area contributed by atoms with Gasteiger partial charge in [0, 0.05) is 34.8 Å². The summed E-state index contributed by atoms with van der Waals surface area (Å²) in [6.07, 6.45) is 9.73. The zero-order valence-corrected chi connectivity index (χ0v) is 26.6. The van der Waals surface area contributed by atoms with Crippen LogP contribution in [0.1, 0.15) is 46.6 Å². The van der Waals surface area contributed by atoms with E-state index in [0.717, 1.165) is 82.5 Å². The normalized spacial score (nSPS) is 20.7. The number of hydrogen-bond donors (Lipinski definition) is 1. The minimum atomic E-state index is -0.717. The second-order valence-corrected chi connectivity index (χ2v) is 14.3. The molecule has 0 spiro atoms. The van der Waals surface area contributed by atoms with Crippen LogP contribution in [0.25, 0.3) is 20.4 Å². The molecule has 4 aromatic heterocycles. The third kappa shape index (κ3) is 5.74. The lowest BCUT2D eigenvalue weighted by molar-refractivity contribution is -0.142. The van der Waals surface area contributed by atoms with Gasteiger partial charge >= 0.3 is 5.97 Å². The molecule has 0 radical (unpaired) electrons. The summed E-state index contributed by atoms with van der Waals surface area (Å²) in [5.74, 6) is -0.562. The highest BCUT2D eigenvalue weighted by molar-refractivity contribution is 7.19. The Kier molecular flexibility index (Phi) is 8.66. The van der Waals surface area contributed by atoms with Crippen molar-refractivity contribution in [3.05, 3.63) is 43.8 Å². The van der Waals surface area contributed by atoms with Crippen molar-refractivity contribution in [3.8, 4) is 0 Å². The molecule has 1 amide bonds. The van der Waals surface area contributed by atoms with E-state index in [1.807, 2.05) is 0 Å². The van der Waals surface area contributed by atoms with E-state index in [4.69, 9.17) is 28.3 Å². The molecule has 222 valence electrons. The van der Waals surface area contributed by atoms with Crippen molar-refractivity contribution < 1.29 is 14.7 Å². The predicted molar refractivity (Wildman–Crippen MR) is 167 cm³/mol. The Morgan fingerprint density at radius 1 is 0.833 bits per heavy atom. The summed E-state index contributed by atoms with van der Waals surface area (Å²) in [5.41, 5.74) is 2.41. The smallest absolute Gasteiger partial charge is 0.306 e. The Hall–Kier alpha value is -2.44. The molecule has 2 aliphatic carbocycles. The molecule has 1 fully saturated rings. The quantitative estimate of drug-likeness (QED) is 0.289. The van der Waals surface area contributed by atoms with Gasteiger partial charge < -0.3 is 14.9 Å². The maximum absolute atomic E-state index is 13.0. The maximum Gasteiger partial charge on any atom is 0.306 e. The number of piperidine rings is 1. The number of carboxylic acid groups (broad SMARTS) is 1. The molecule has 1 aliphatic heterocycles. The fourth-order valence-corrected chi connectivity index (χ4v) is 9.57. The number of hydrogen-bond acceptors (Lipinski definition) is 9. The van der Waals surface area contributed by atoms with Crippen molar-refractivity contribution >= 4 is 78.2 Å². The van der Waals surface area contributed by atoms with Crippen LogP contribution in [-0.4, -0.2) is 79.9 Å². The summed E-state index contributed by atoms with van der Waals surface area (Å²) >= 11 is 15.6. The number of thiophene rings is 2. The molecule has 0 aromatic carbocycles. The fourth-order valence-electron chi connectivity index (χ4n) is 6.43. The molecule has 1 N–H and O–H groups in total. The van der Waals surface area contributed by atoms with Crippen molar-refractivity contribution in [2.75, 3.05) is 27.2 Å². The molecule has 42 heavy (non-hydrogen) atoms. The number of fused-ring (bicyclic) bond motifs is 6. The van der Waals surface area contributed by atoms with Gasteiger partial charge in [-0.1, -0.05) is 23.2 Å². The highest BCUT2D eigenvalue weighted by atomic mass is 35.5. The summed E-state index contributed by atoms with van der Waals surface area (Å²) in [6.45, 7) is 1.77. The third-order valence-corrected chi connectivity index (χ3v) is 11.7. The average Bonchev–Trinajstić information content (AvgIpc) is 3.56. The number of nitrogens with zero attached hydrogens (tertiary/aromatic N) is 6. The molecule has 0 unspecified atom stereocenters. The van der Waals surface area contributed by atoms with Gasteiger partial charge in [0.2, 0.25) is 5.91 Å². The number of carbonyl (C=O) groups is 2. The van der Waals surface area contributed by atoms with Gasteiger partial charge in [0.15, 0.2) is 0 Å². The Morgan fingerprint density at radius 2 is 1.33 bits per heavy atom. The topological polar surface area (TPSA) is 112 Å². The number of aromatic nitrogens is 4. The number of amides is 1. The number of likely N-dealkylation sites (tertiary alicyclic amines) is 1. The molecule has 0 bridgehead atoms. The summed E-state index contributed by atoms with van der Waals surface area (Å²) in [4.78, 5) is 49.2. The van der Waals surface area contributed by atoms with Crippen LogP contribution in [0.5, 0.6) is 0 Å². The van der Waals surface area contributed by atoms with Crippen LogP contribution in [0.4, 0.5) is 0 Å². The van der Waals surface area contributed by atoms with Crippen molar-refractivity contribution in [2.45, 2.75) is 57.4 Å². The largest absolute Gasteiger partial charge is 0.481 e. The molecule has 7 rings (SSSR count). The summed E-state index contributed by atoms with van der Waals surface area (Å²) < 4.78 is 0. The molecular formula is C29H32Cl2N6O3S2. The Balaban J connectivity index is 0.000000162. The number of halogens is 2. The molecular weight excluding hydrogens is 615 g/mol. The standard InChI is InChI=1S/C18H23ClN4OS.C11H9ClN2O2S/c1-22(2)12-5-7-23(8-6-12)18(24)11-3-4-13-14(9-11)25-17-15(13)16(19)20-10-21-17;12-9-8-6-2-1-5(11(15)16)3-7(6)17-10(8)14-4-13-9/h10-12H,3-9H2,1-2H3;4-5H,1-3H2,(H,15,16)/t11-;5-/m00/s1. The molecule has 1 saturated heterocycles. The van der Waals surface area contributed by atoms with Crippen molar-refractivity contribution in [2.24, 2.45) is 11.8 Å². The van der Waals surface area contributed by atoms with Crippen molar-refractivity contribution in [1.82, 2.24) is 29.7 Å². The second-order valence-electron chi connectivity index (χ2n) is 11.4. The molecule has 3 aliphatic rings. The highest BCUT2D eigenvalue weighted by Gasteiger charge is 2.33. The second kappa shape index (κ2) is 12.3. The minimum absolute atomic E-state index is 0.100. The molecule has 2 atom stereocenters. The van der Waals surface area contributed by atoms with Crippen molar-refractivity contribution in [3.63, 3.8) is 0 Å². The van der Waals surface area contributed by atoms with Crippen LogP contribution < -0.4 is 0 Å². The number of aliphatic carboxylic acids is 1. The van der Waals surface area contributed by atoms with Crippen LogP contribution in [0.3, 0.4) is 0 Å². The van der Waals surface area contributed by atoms with Gasteiger partial charge in [-0.3, -0.25) is 9.59 Å². The van der Waals surface area contributed by atoms with Gasteiger partial charge in [-0.15, -0.1) is 22.7 Å². The predicted octanol–water partition coefficient (Wildman–Crippen LogP) is 5.54. The average molecular weight is 648 g/mol. The lowest BCUT2D eigenvalue weighted by Gasteiger charge is -2.37. The van der Waals surface area contributed by atoms with Gasteiger partial charge in [0.05, 0.1) is 16.7 Å². The van der Waals surface area contributed by atoms with Gasteiger partial charge in [-0.05, 0) is 76.6 Å². The van der Waals surface area contributed by atoms with Gasteiger partial charge in [0.1, 0.15) is 32.6 Å². The van der Waals surface area contributed by atoms with E-state index < -0.39 is 5.97 Å². The van der Waals surface area contributed by atoms with Crippen molar-refractivity contribution in [1.29, 1.82) is 0 Å². The van der Waals surface area contributed by atoms with Crippen LogP contribution in [0.15, 0.2) is 12.7 Å². The number of aryl methyl sites for hydroxylation is 2. The molecule has 4 aromatic rings. The van der Waals surface area contributed by atoms with Crippen LogP contribution >= 0.6 is 45.9 Å². The van der Waals surface area contributed by atoms with E-state index in [1.54, 1.807) is 11.3 Å². The molecule has 9 nitrogen and oxygen atoms in total. The Bertz CT molecular complexity index is 1650. The SMILES string of the molecule is CN(C)C1CCN(C(=O)[C@H]2CCc3c(sc4ncnc(Cl)c34)C2)CC1.O=C(O)[C@H]1CCc2c(sc3ncnc(Cl)c23)C1. The molecule has 13 heteroatoms. The van der Waals surface area contributed by atoms with Crippen LogP contribution in [0, 0.1) is 11.8 Å². The van der Waals surface area contributed by atoms with E-state index >= 15 is 0 Å². The molecule has 5 heterocycles. The Labute approximate surface area is 261 Å². The minimum Gasteiger partial charge on any atom is -0.481 e. The first-order chi connectivity index (χ1) is 20.2. The first-order valence-corrected chi connectivity index (χ1v) is 16.6. The number of carboxylic acids is 1. The van der Waals surface area contributed by atoms with Gasteiger partial charge in [-0.25, -0.2) is 19.9 Å². The Morgan fingerprint density at radius 3 is 1.83 bits per heavy atom. The number of carbonyl (C=O) groups excluding carboxylic acids is 1. The third-order valence-electron chi connectivity index (χ3n) is 8.80. The first-order valence-electron chi connectivity index (χ1n) is 14.2. The monoisotopic (exact) mass is 646 g/mol. The van der Waals surface area contributed by atoms with E-state index in [2.05, 4.69) is 43.8 Å². The summed E-state index contributed by atoms with van der Waals surface area (Å²) in [5, 5.41) is 12.0. The van der Waals surface area contributed by atoms with Gasteiger partial charge in [0.25, 0.3) is 0 Å². The summed E-state index contributed by atoms with van der Waals surface area (Å²) in [7, 11) is 4.25.